The molecular weight excluding hydrogens is 220 g/mol. The van der Waals surface area contributed by atoms with Crippen LogP contribution >= 0.6 is 11.3 Å². The highest BCUT2D eigenvalue weighted by Crippen LogP contribution is 2.20. The van der Waals surface area contributed by atoms with Crippen molar-refractivity contribution in [1.82, 2.24) is 4.98 Å². The Morgan fingerprint density at radius 3 is 3.06 bits per heavy atom. The van der Waals surface area contributed by atoms with Crippen molar-refractivity contribution in [2.45, 2.75) is 6.54 Å². The molecule has 16 heavy (non-hydrogen) atoms. The fourth-order valence-electron chi connectivity index (χ4n) is 1.29. The lowest BCUT2D eigenvalue weighted by Gasteiger charge is -2.07. The van der Waals surface area contributed by atoms with Gasteiger partial charge in [-0.2, -0.15) is 5.26 Å². The van der Waals surface area contributed by atoms with Gasteiger partial charge in [-0.15, -0.1) is 11.3 Å². The SMILES string of the molecule is N#Cc1ccc(N)c(NCc2nccs2)c1. The van der Waals surface area contributed by atoms with Crippen LogP contribution in [0.5, 0.6) is 0 Å². The number of hydrogen-bond donors (Lipinski definition) is 2. The molecule has 0 spiro atoms. The summed E-state index contributed by atoms with van der Waals surface area (Å²) in [6.07, 6.45) is 1.76. The number of aromatic nitrogens is 1. The fraction of sp³-hybridized carbons (Fsp3) is 0.0909. The first-order chi connectivity index (χ1) is 7.79. The number of nitrogens with one attached hydrogen (secondary N) is 1. The zero-order valence-corrected chi connectivity index (χ0v) is 9.29. The summed E-state index contributed by atoms with van der Waals surface area (Å²) in [7, 11) is 0. The van der Waals surface area contributed by atoms with Gasteiger partial charge in [-0.25, -0.2) is 4.98 Å². The van der Waals surface area contributed by atoms with E-state index in [9.17, 15) is 0 Å². The number of hydrogen-bond acceptors (Lipinski definition) is 5. The van der Waals surface area contributed by atoms with Crippen LogP contribution in [0.2, 0.25) is 0 Å². The van der Waals surface area contributed by atoms with Gasteiger partial charge in [-0.3, -0.25) is 0 Å². The molecule has 0 aliphatic carbocycles. The minimum atomic E-state index is 0.593. The van der Waals surface area contributed by atoms with Crippen molar-refractivity contribution in [1.29, 1.82) is 5.26 Å². The number of nitrogens with zero attached hydrogens (tertiary/aromatic N) is 2. The fourth-order valence-corrected chi connectivity index (χ4v) is 1.85. The number of nitrogens with two attached hydrogens (primary N) is 1. The van der Waals surface area contributed by atoms with E-state index in [-0.39, 0.29) is 0 Å². The van der Waals surface area contributed by atoms with Gasteiger partial charge in [0.15, 0.2) is 0 Å². The number of nitriles is 1. The molecule has 0 bridgehead atoms. The van der Waals surface area contributed by atoms with E-state index < -0.39 is 0 Å². The van der Waals surface area contributed by atoms with Crippen molar-refractivity contribution in [3.63, 3.8) is 0 Å². The lowest BCUT2D eigenvalue weighted by atomic mass is 10.2. The van der Waals surface area contributed by atoms with Gasteiger partial charge < -0.3 is 11.1 Å². The maximum Gasteiger partial charge on any atom is 0.112 e. The van der Waals surface area contributed by atoms with Crippen LogP contribution in [0.1, 0.15) is 10.6 Å². The molecule has 1 heterocycles. The molecule has 2 rings (SSSR count). The van der Waals surface area contributed by atoms with Crippen LogP contribution in [-0.2, 0) is 6.54 Å². The number of anilines is 2. The number of nitrogen functional groups attached to an aromatic ring is 1. The normalized spacial score (nSPS) is 9.69. The van der Waals surface area contributed by atoms with Crippen LogP contribution in [0.25, 0.3) is 0 Å². The van der Waals surface area contributed by atoms with Crippen molar-refractivity contribution in [3.8, 4) is 6.07 Å². The Labute approximate surface area is 97.4 Å². The summed E-state index contributed by atoms with van der Waals surface area (Å²) in [5.74, 6) is 0. The second kappa shape index (κ2) is 4.64. The Kier molecular flexibility index (Phi) is 3.03. The predicted molar refractivity (Wildman–Crippen MR) is 65.0 cm³/mol. The third-order valence-corrected chi connectivity index (χ3v) is 2.88. The van der Waals surface area contributed by atoms with Gasteiger partial charge in [0.1, 0.15) is 5.01 Å². The molecule has 0 fully saturated rings. The quantitative estimate of drug-likeness (QED) is 0.793. The molecule has 0 saturated heterocycles. The summed E-state index contributed by atoms with van der Waals surface area (Å²) in [4.78, 5) is 4.15. The van der Waals surface area contributed by atoms with E-state index in [0.29, 0.717) is 17.8 Å². The van der Waals surface area contributed by atoms with Crippen LogP contribution in [0.3, 0.4) is 0 Å². The first-order valence-electron chi connectivity index (χ1n) is 4.71. The van der Waals surface area contributed by atoms with E-state index >= 15 is 0 Å². The molecule has 4 nitrogen and oxygen atoms in total. The lowest BCUT2D eigenvalue weighted by molar-refractivity contribution is 1.10. The van der Waals surface area contributed by atoms with Crippen molar-refractivity contribution < 1.29 is 0 Å². The number of benzene rings is 1. The monoisotopic (exact) mass is 230 g/mol. The molecular formula is C11H10N4S. The molecule has 3 N–H and O–H groups in total. The Morgan fingerprint density at radius 1 is 1.50 bits per heavy atom. The van der Waals surface area contributed by atoms with Gasteiger partial charge in [-0.05, 0) is 18.2 Å². The van der Waals surface area contributed by atoms with Crippen LogP contribution in [-0.4, -0.2) is 4.98 Å². The summed E-state index contributed by atoms with van der Waals surface area (Å²) >= 11 is 1.58. The summed E-state index contributed by atoms with van der Waals surface area (Å²) in [6.45, 7) is 0.622. The number of rotatable bonds is 3. The van der Waals surface area contributed by atoms with Crippen molar-refractivity contribution in [2.24, 2.45) is 0 Å². The second-order valence-corrected chi connectivity index (χ2v) is 4.17. The topological polar surface area (TPSA) is 74.7 Å². The third-order valence-electron chi connectivity index (χ3n) is 2.10. The van der Waals surface area contributed by atoms with E-state index in [2.05, 4.69) is 16.4 Å². The zero-order valence-electron chi connectivity index (χ0n) is 8.47. The highest BCUT2D eigenvalue weighted by Gasteiger charge is 2.01. The molecule has 0 aliphatic rings. The number of thiazole rings is 1. The van der Waals surface area contributed by atoms with Gasteiger partial charge in [0.25, 0.3) is 0 Å². The molecule has 0 radical (unpaired) electrons. The zero-order chi connectivity index (χ0) is 11.4. The summed E-state index contributed by atoms with van der Waals surface area (Å²) in [5.41, 5.74) is 7.80. The highest BCUT2D eigenvalue weighted by molar-refractivity contribution is 7.09. The van der Waals surface area contributed by atoms with Crippen LogP contribution in [0, 0.1) is 11.3 Å². The van der Waals surface area contributed by atoms with Crippen LogP contribution < -0.4 is 11.1 Å². The van der Waals surface area contributed by atoms with Gasteiger partial charge in [0, 0.05) is 11.6 Å². The Hall–Kier alpha value is -2.06. The summed E-state index contributed by atoms with van der Waals surface area (Å²) in [6, 6.07) is 7.24. The molecule has 0 amide bonds. The molecule has 5 heteroatoms. The summed E-state index contributed by atoms with van der Waals surface area (Å²) in [5, 5.41) is 14.8. The highest BCUT2D eigenvalue weighted by atomic mass is 32.1. The van der Waals surface area contributed by atoms with E-state index in [1.807, 2.05) is 5.38 Å². The Morgan fingerprint density at radius 2 is 2.38 bits per heavy atom. The van der Waals surface area contributed by atoms with Crippen LogP contribution in [0.4, 0.5) is 11.4 Å². The maximum absolute atomic E-state index is 8.78. The predicted octanol–water partition coefficient (Wildman–Crippen LogP) is 2.21. The largest absolute Gasteiger partial charge is 0.397 e. The van der Waals surface area contributed by atoms with Crippen molar-refractivity contribution >= 4 is 22.7 Å². The first kappa shape index (κ1) is 10.5. The Balaban J connectivity index is 2.12. The molecule has 80 valence electrons. The smallest absolute Gasteiger partial charge is 0.112 e. The van der Waals surface area contributed by atoms with Crippen molar-refractivity contribution in [2.75, 3.05) is 11.1 Å². The van der Waals surface area contributed by atoms with Gasteiger partial charge >= 0.3 is 0 Å². The molecule has 0 atom stereocenters. The first-order valence-corrected chi connectivity index (χ1v) is 5.59. The van der Waals surface area contributed by atoms with Gasteiger partial charge in [0.2, 0.25) is 0 Å². The lowest BCUT2D eigenvalue weighted by Crippen LogP contribution is -2.02. The molecule has 0 aliphatic heterocycles. The molecule has 0 unspecified atom stereocenters. The average Bonchev–Trinajstić information content (AvgIpc) is 2.81. The van der Waals surface area contributed by atoms with E-state index in [1.54, 1.807) is 35.7 Å². The maximum atomic E-state index is 8.78. The minimum absolute atomic E-state index is 0.593. The van der Waals surface area contributed by atoms with E-state index in [0.717, 1.165) is 10.7 Å². The van der Waals surface area contributed by atoms with Crippen LogP contribution in [0.15, 0.2) is 29.8 Å². The summed E-state index contributed by atoms with van der Waals surface area (Å²) < 4.78 is 0. The van der Waals surface area contributed by atoms with E-state index in [4.69, 9.17) is 11.0 Å². The average molecular weight is 230 g/mol. The van der Waals surface area contributed by atoms with Crippen molar-refractivity contribution in [3.05, 3.63) is 40.3 Å². The third kappa shape index (κ3) is 2.30. The molecule has 0 saturated carbocycles. The van der Waals surface area contributed by atoms with Gasteiger partial charge in [0.05, 0.1) is 29.6 Å². The second-order valence-electron chi connectivity index (χ2n) is 3.19. The minimum Gasteiger partial charge on any atom is -0.397 e. The molecule has 1 aromatic heterocycles. The molecule has 1 aromatic carbocycles. The molecule has 2 aromatic rings. The van der Waals surface area contributed by atoms with Gasteiger partial charge in [-0.1, -0.05) is 0 Å². The standard InChI is InChI=1S/C11H10N4S/c12-6-8-1-2-9(13)10(5-8)15-7-11-14-3-4-16-11/h1-5,15H,7,13H2. The Bertz CT molecular complexity index is 513. The van der Waals surface area contributed by atoms with E-state index in [1.165, 1.54) is 0 Å².